The first-order valence-corrected chi connectivity index (χ1v) is 8.18. The molecule has 0 aliphatic rings. The lowest BCUT2D eigenvalue weighted by atomic mass is 10.1. The molecule has 0 amide bonds. The zero-order valence-corrected chi connectivity index (χ0v) is 13.3. The summed E-state index contributed by atoms with van der Waals surface area (Å²) >= 11 is 2.01. The van der Waals surface area contributed by atoms with Gasteiger partial charge in [-0.25, -0.2) is 0 Å². The third kappa shape index (κ3) is 5.83. The second kappa shape index (κ2) is 9.21. The Morgan fingerprint density at radius 3 is 2.74 bits per heavy atom. The maximum Gasteiger partial charge on any atom is 0.137 e. The molecular weight excluding hydrogens is 256 g/mol. The number of nitrogens with zero attached hydrogens (tertiary/aromatic N) is 1. The van der Waals surface area contributed by atoms with Gasteiger partial charge in [-0.2, -0.15) is 11.8 Å². The molecule has 3 nitrogen and oxygen atoms in total. The van der Waals surface area contributed by atoms with Crippen molar-refractivity contribution in [1.82, 2.24) is 10.3 Å². The quantitative estimate of drug-likeness (QED) is 0.749. The number of nitrogens with one attached hydrogen (secondary N) is 1. The molecule has 1 aromatic heterocycles. The van der Waals surface area contributed by atoms with Crippen molar-refractivity contribution in [2.75, 3.05) is 18.9 Å². The van der Waals surface area contributed by atoms with Gasteiger partial charge >= 0.3 is 0 Å². The van der Waals surface area contributed by atoms with Gasteiger partial charge in [-0.3, -0.25) is 4.98 Å². The highest BCUT2D eigenvalue weighted by molar-refractivity contribution is 7.99. The SMILES string of the molecule is CCNC(CSC(C)CC)c1cncc(OCC)c1. The normalized spacial score (nSPS) is 14.1. The first-order chi connectivity index (χ1) is 9.21. The molecule has 108 valence electrons. The van der Waals surface area contributed by atoms with Crippen molar-refractivity contribution in [1.29, 1.82) is 0 Å². The van der Waals surface area contributed by atoms with Crippen LogP contribution in [0.1, 0.15) is 45.7 Å². The first kappa shape index (κ1) is 16.3. The zero-order valence-electron chi connectivity index (χ0n) is 12.5. The monoisotopic (exact) mass is 282 g/mol. The van der Waals surface area contributed by atoms with E-state index in [1.165, 1.54) is 12.0 Å². The summed E-state index contributed by atoms with van der Waals surface area (Å²) in [6.07, 6.45) is 4.92. The lowest BCUT2D eigenvalue weighted by Gasteiger charge is -2.20. The third-order valence-electron chi connectivity index (χ3n) is 3.02. The number of thioether (sulfide) groups is 1. The Labute approximate surface area is 121 Å². The van der Waals surface area contributed by atoms with Crippen molar-refractivity contribution >= 4 is 11.8 Å². The summed E-state index contributed by atoms with van der Waals surface area (Å²) in [6, 6.07) is 2.44. The molecule has 0 fully saturated rings. The van der Waals surface area contributed by atoms with Gasteiger partial charge in [-0.05, 0) is 31.5 Å². The molecule has 2 atom stereocenters. The molecule has 0 saturated heterocycles. The van der Waals surface area contributed by atoms with Gasteiger partial charge in [0, 0.05) is 23.2 Å². The zero-order chi connectivity index (χ0) is 14.1. The van der Waals surface area contributed by atoms with E-state index in [0.29, 0.717) is 17.9 Å². The Hall–Kier alpha value is -0.740. The van der Waals surface area contributed by atoms with Crippen molar-refractivity contribution in [2.24, 2.45) is 0 Å². The third-order valence-corrected chi connectivity index (χ3v) is 4.45. The molecule has 0 spiro atoms. The predicted molar refractivity (Wildman–Crippen MR) is 84.0 cm³/mol. The van der Waals surface area contributed by atoms with Crippen LogP contribution in [0.5, 0.6) is 5.75 Å². The summed E-state index contributed by atoms with van der Waals surface area (Å²) < 4.78 is 5.52. The molecule has 4 heteroatoms. The molecule has 1 N–H and O–H groups in total. The van der Waals surface area contributed by atoms with Crippen LogP contribution in [0.25, 0.3) is 0 Å². The van der Waals surface area contributed by atoms with Crippen LogP contribution in [-0.2, 0) is 0 Å². The molecule has 0 bridgehead atoms. The van der Waals surface area contributed by atoms with Gasteiger partial charge in [-0.1, -0.05) is 20.8 Å². The van der Waals surface area contributed by atoms with Crippen molar-refractivity contribution in [3.8, 4) is 5.75 Å². The number of aromatic nitrogens is 1. The first-order valence-electron chi connectivity index (χ1n) is 7.13. The lowest BCUT2D eigenvalue weighted by molar-refractivity contribution is 0.338. The van der Waals surface area contributed by atoms with Crippen LogP contribution < -0.4 is 10.1 Å². The molecule has 2 unspecified atom stereocenters. The molecule has 0 saturated carbocycles. The second-order valence-electron chi connectivity index (χ2n) is 4.55. The van der Waals surface area contributed by atoms with Gasteiger partial charge in [0.15, 0.2) is 0 Å². The summed E-state index contributed by atoms with van der Waals surface area (Å²) in [5.74, 6) is 1.93. The summed E-state index contributed by atoms with van der Waals surface area (Å²) in [7, 11) is 0. The van der Waals surface area contributed by atoms with E-state index in [2.05, 4.69) is 37.1 Å². The summed E-state index contributed by atoms with van der Waals surface area (Å²) in [5, 5.41) is 4.23. The van der Waals surface area contributed by atoms with E-state index in [9.17, 15) is 0 Å². The van der Waals surface area contributed by atoms with E-state index in [0.717, 1.165) is 18.0 Å². The second-order valence-corrected chi connectivity index (χ2v) is 6.02. The number of pyridine rings is 1. The van der Waals surface area contributed by atoms with Crippen LogP contribution in [-0.4, -0.2) is 29.1 Å². The summed E-state index contributed by atoms with van der Waals surface area (Å²) in [5.41, 5.74) is 1.21. The highest BCUT2D eigenvalue weighted by Crippen LogP contribution is 2.24. The number of ether oxygens (including phenoxy) is 1. The maximum absolute atomic E-state index is 5.52. The largest absolute Gasteiger partial charge is 0.492 e. The smallest absolute Gasteiger partial charge is 0.137 e. The minimum Gasteiger partial charge on any atom is -0.492 e. The fraction of sp³-hybridized carbons (Fsp3) is 0.667. The van der Waals surface area contributed by atoms with Crippen LogP contribution in [0.4, 0.5) is 0 Å². The Morgan fingerprint density at radius 1 is 1.32 bits per heavy atom. The van der Waals surface area contributed by atoms with E-state index < -0.39 is 0 Å². The summed E-state index contributed by atoms with van der Waals surface area (Å²) in [6.45, 7) is 10.3. The van der Waals surface area contributed by atoms with Gasteiger partial charge in [0.1, 0.15) is 5.75 Å². The topological polar surface area (TPSA) is 34.2 Å². The van der Waals surface area contributed by atoms with Gasteiger partial charge in [0.05, 0.1) is 12.8 Å². The Kier molecular flexibility index (Phi) is 7.91. The fourth-order valence-electron chi connectivity index (χ4n) is 1.77. The lowest BCUT2D eigenvalue weighted by Crippen LogP contribution is -2.24. The maximum atomic E-state index is 5.52. The predicted octanol–water partition coefficient (Wildman–Crippen LogP) is 3.66. The van der Waals surface area contributed by atoms with Crippen LogP contribution in [0.3, 0.4) is 0 Å². The molecule has 0 radical (unpaired) electrons. The van der Waals surface area contributed by atoms with Crippen LogP contribution >= 0.6 is 11.8 Å². The molecule has 0 aliphatic heterocycles. The van der Waals surface area contributed by atoms with Gasteiger partial charge < -0.3 is 10.1 Å². The fourth-order valence-corrected chi connectivity index (χ4v) is 2.84. The Balaban J connectivity index is 2.71. The van der Waals surface area contributed by atoms with Crippen molar-refractivity contribution in [3.05, 3.63) is 24.0 Å². The minimum absolute atomic E-state index is 0.344. The van der Waals surface area contributed by atoms with Crippen molar-refractivity contribution in [3.63, 3.8) is 0 Å². The van der Waals surface area contributed by atoms with Gasteiger partial charge in [0.2, 0.25) is 0 Å². The van der Waals surface area contributed by atoms with Crippen LogP contribution in [0, 0.1) is 0 Å². The molecule has 0 aliphatic carbocycles. The average molecular weight is 282 g/mol. The minimum atomic E-state index is 0.344. The average Bonchev–Trinajstić information content (AvgIpc) is 2.43. The van der Waals surface area contributed by atoms with E-state index in [1.54, 1.807) is 6.20 Å². The summed E-state index contributed by atoms with van der Waals surface area (Å²) in [4.78, 5) is 4.28. The van der Waals surface area contributed by atoms with E-state index in [4.69, 9.17) is 4.74 Å². The molecule has 1 heterocycles. The molecule has 0 aromatic carbocycles. The number of hydrogen-bond acceptors (Lipinski definition) is 4. The van der Waals surface area contributed by atoms with Gasteiger partial charge in [-0.15, -0.1) is 0 Å². The highest BCUT2D eigenvalue weighted by Gasteiger charge is 2.13. The van der Waals surface area contributed by atoms with E-state index >= 15 is 0 Å². The van der Waals surface area contributed by atoms with E-state index in [-0.39, 0.29) is 0 Å². The van der Waals surface area contributed by atoms with Crippen LogP contribution in [0.2, 0.25) is 0 Å². The Bertz CT molecular complexity index is 360. The standard InChI is InChI=1S/C15H26N2OS/c1-5-12(4)19-11-15(17-6-2)13-8-14(18-7-3)10-16-9-13/h8-10,12,15,17H,5-7,11H2,1-4H3. The van der Waals surface area contributed by atoms with Crippen molar-refractivity contribution < 1.29 is 4.74 Å². The Morgan fingerprint density at radius 2 is 2.11 bits per heavy atom. The van der Waals surface area contributed by atoms with Crippen LogP contribution in [0.15, 0.2) is 18.5 Å². The highest BCUT2D eigenvalue weighted by atomic mass is 32.2. The molecular formula is C15H26N2OS. The molecule has 19 heavy (non-hydrogen) atoms. The molecule has 1 aromatic rings. The number of hydrogen-bond donors (Lipinski definition) is 1. The number of rotatable bonds is 9. The van der Waals surface area contributed by atoms with E-state index in [1.807, 2.05) is 24.9 Å². The van der Waals surface area contributed by atoms with Crippen molar-refractivity contribution in [2.45, 2.75) is 45.4 Å². The molecule has 1 rings (SSSR count). The van der Waals surface area contributed by atoms with Gasteiger partial charge in [0.25, 0.3) is 0 Å².